The van der Waals surface area contributed by atoms with Crippen molar-refractivity contribution in [1.82, 2.24) is 9.29 Å². The molecule has 160 valence electrons. The Morgan fingerprint density at radius 3 is 2.37 bits per heavy atom. The lowest BCUT2D eigenvalue weighted by atomic mass is 10.1. The number of methoxy groups -OCH3 is 1. The second-order valence-electron chi connectivity index (χ2n) is 7.76. The van der Waals surface area contributed by atoms with E-state index in [9.17, 15) is 8.42 Å². The van der Waals surface area contributed by atoms with Gasteiger partial charge >= 0.3 is 0 Å². The zero-order valence-corrected chi connectivity index (χ0v) is 19.3. The van der Waals surface area contributed by atoms with Gasteiger partial charge < -0.3 is 9.47 Å². The van der Waals surface area contributed by atoms with Crippen molar-refractivity contribution in [3.63, 3.8) is 0 Å². The molecule has 1 fully saturated rings. The fourth-order valence-electron chi connectivity index (χ4n) is 4.10. The number of hydrogen-bond acceptors (Lipinski definition) is 6. The van der Waals surface area contributed by atoms with Crippen molar-refractivity contribution in [3.8, 4) is 10.9 Å². The monoisotopic (exact) mass is 446 g/mol. The quantitative estimate of drug-likeness (QED) is 0.579. The van der Waals surface area contributed by atoms with Gasteiger partial charge in [-0.05, 0) is 62.9 Å². The highest BCUT2D eigenvalue weighted by Crippen LogP contribution is 2.33. The number of aromatic nitrogens is 1. The Balaban J connectivity index is 1.45. The van der Waals surface area contributed by atoms with Crippen LogP contribution in [0.4, 0.5) is 0 Å². The van der Waals surface area contributed by atoms with Gasteiger partial charge in [-0.1, -0.05) is 29.0 Å². The van der Waals surface area contributed by atoms with Crippen LogP contribution in [-0.4, -0.2) is 44.0 Å². The highest BCUT2D eigenvalue weighted by Gasteiger charge is 2.32. The van der Waals surface area contributed by atoms with E-state index in [1.54, 1.807) is 11.4 Å². The number of nitrogens with zero attached hydrogens (tertiary/aromatic N) is 2. The summed E-state index contributed by atoms with van der Waals surface area (Å²) >= 11 is 1.48. The highest BCUT2D eigenvalue weighted by atomic mass is 32.2. The number of thiazole rings is 1. The van der Waals surface area contributed by atoms with Crippen LogP contribution in [0.1, 0.15) is 29.5 Å². The first-order valence-corrected chi connectivity index (χ1v) is 12.2. The van der Waals surface area contributed by atoms with Crippen LogP contribution in [0.25, 0.3) is 10.2 Å². The van der Waals surface area contributed by atoms with Gasteiger partial charge in [0, 0.05) is 13.1 Å². The molecule has 1 aliphatic heterocycles. The van der Waals surface area contributed by atoms with E-state index in [-0.39, 0.29) is 6.10 Å². The minimum Gasteiger partial charge on any atom is -0.497 e. The van der Waals surface area contributed by atoms with Crippen molar-refractivity contribution in [2.75, 3.05) is 20.2 Å². The summed E-state index contributed by atoms with van der Waals surface area (Å²) in [5, 5.41) is 0.616. The first kappa shape index (κ1) is 21.1. The molecule has 0 spiro atoms. The lowest BCUT2D eigenvalue weighted by molar-refractivity contribution is 0.135. The van der Waals surface area contributed by atoms with E-state index in [4.69, 9.17) is 9.47 Å². The third-order valence-electron chi connectivity index (χ3n) is 5.45. The Morgan fingerprint density at radius 2 is 1.73 bits per heavy atom. The van der Waals surface area contributed by atoms with Crippen molar-refractivity contribution < 1.29 is 17.9 Å². The molecule has 0 N–H and O–H groups in total. The van der Waals surface area contributed by atoms with E-state index in [0.717, 1.165) is 32.7 Å². The summed E-state index contributed by atoms with van der Waals surface area (Å²) in [6, 6.07) is 9.60. The van der Waals surface area contributed by atoms with Crippen molar-refractivity contribution >= 4 is 31.6 Å². The van der Waals surface area contributed by atoms with Crippen LogP contribution in [0.2, 0.25) is 0 Å². The fraction of sp³-hybridized carbons (Fsp3) is 0.409. The van der Waals surface area contributed by atoms with Gasteiger partial charge in [0.15, 0.2) is 0 Å². The van der Waals surface area contributed by atoms with Crippen LogP contribution in [0.5, 0.6) is 10.9 Å². The zero-order valence-electron chi connectivity index (χ0n) is 17.6. The maximum Gasteiger partial charge on any atom is 0.274 e. The van der Waals surface area contributed by atoms with Gasteiger partial charge in [0.25, 0.3) is 5.19 Å². The number of aryl methyl sites for hydroxylation is 3. The molecule has 1 saturated heterocycles. The number of rotatable bonds is 5. The Kier molecular flexibility index (Phi) is 5.74. The summed E-state index contributed by atoms with van der Waals surface area (Å²) < 4.78 is 40.4. The maximum absolute atomic E-state index is 13.2. The molecule has 0 radical (unpaired) electrons. The number of ether oxygens (including phenoxy) is 2. The molecule has 8 heteroatoms. The van der Waals surface area contributed by atoms with Crippen LogP contribution in [0, 0.1) is 20.8 Å². The van der Waals surface area contributed by atoms with Crippen molar-refractivity contribution in [1.29, 1.82) is 0 Å². The summed E-state index contributed by atoms with van der Waals surface area (Å²) in [5.74, 6) is 0.790. The van der Waals surface area contributed by atoms with E-state index >= 15 is 0 Å². The van der Waals surface area contributed by atoms with Crippen molar-refractivity contribution in [2.24, 2.45) is 0 Å². The predicted molar refractivity (Wildman–Crippen MR) is 119 cm³/mol. The van der Waals surface area contributed by atoms with E-state index in [0.29, 0.717) is 36.0 Å². The topological polar surface area (TPSA) is 68.7 Å². The molecule has 2 heterocycles. The first-order chi connectivity index (χ1) is 14.3. The summed E-state index contributed by atoms with van der Waals surface area (Å²) in [4.78, 5) is 4.98. The van der Waals surface area contributed by atoms with Gasteiger partial charge in [0.05, 0.1) is 22.2 Å². The fourth-order valence-corrected chi connectivity index (χ4v) is 6.89. The maximum atomic E-state index is 13.2. The molecule has 2 aromatic carbocycles. The lowest BCUT2D eigenvalue weighted by Crippen LogP contribution is -2.42. The average molecular weight is 447 g/mol. The minimum absolute atomic E-state index is 0.0425. The molecule has 1 aromatic heterocycles. The van der Waals surface area contributed by atoms with Gasteiger partial charge in [-0.15, -0.1) is 0 Å². The summed E-state index contributed by atoms with van der Waals surface area (Å²) in [5.41, 5.74) is 3.55. The number of fused-ring (bicyclic) bond motifs is 1. The second-order valence-corrected chi connectivity index (χ2v) is 10.6. The van der Waals surface area contributed by atoms with Crippen LogP contribution < -0.4 is 9.47 Å². The smallest absolute Gasteiger partial charge is 0.274 e. The van der Waals surface area contributed by atoms with Crippen LogP contribution in [-0.2, 0) is 10.0 Å². The van der Waals surface area contributed by atoms with Gasteiger partial charge in [0.2, 0.25) is 10.0 Å². The zero-order chi connectivity index (χ0) is 21.5. The van der Waals surface area contributed by atoms with Gasteiger partial charge in [-0.25, -0.2) is 13.4 Å². The van der Waals surface area contributed by atoms with Gasteiger partial charge in [-0.3, -0.25) is 0 Å². The average Bonchev–Trinajstić information content (AvgIpc) is 3.08. The lowest BCUT2D eigenvalue weighted by Gasteiger charge is -2.31. The highest BCUT2D eigenvalue weighted by molar-refractivity contribution is 7.89. The molecule has 0 saturated carbocycles. The summed E-state index contributed by atoms with van der Waals surface area (Å²) in [7, 11) is -1.87. The molecular formula is C22H26N2O4S2. The molecule has 0 atom stereocenters. The Labute approximate surface area is 181 Å². The molecule has 6 nitrogen and oxygen atoms in total. The molecular weight excluding hydrogens is 420 g/mol. The molecule has 1 aliphatic rings. The van der Waals surface area contributed by atoms with Gasteiger partial charge in [-0.2, -0.15) is 4.31 Å². The molecule has 30 heavy (non-hydrogen) atoms. The Hall–Kier alpha value is -2.16. The predicted octanol–water partition coefficient (Wildman–Crippen LogP) is 4.46. The van der Waals surface area contributed by atoms with E-state index in [1.165, 1.54) is 11.3 Å². The molecule has 0 aliphatic carbocycles. The van der Waals surface area contributed by atoms with Crippen LogP contribution in [0.15, 0.2) is 35.2 Å². The van der Waals surface area contributed by atoms with Crippen molar-refractivity contribution in [2.45, 2.75) is 44.6 Å². The Morgan fingerprint density at radius 1 is 1.07 bits per heavy atom. The van der Waals surface area contributed by atoms with Gasteiger partial charge in [0.1, 0.15) is 11.9 Å². The molecule has 0 amide bonds. The van der Waals surface area contributed by atoms with Crippen molar-refractivity contribution in [3.05, 3.63) is 47.0 Å². The minimum atomic E-state index is -3.51. The standard InChI is InChI=1S/C22H26N2O4S2/c1-14-11-15(2)21(16(3)12-14)30(25,26)24-9-7-17(8-10-24)28-22-23-19-6-5-18(27-4)13-20(19)29-22/h5-6,11-13,17H,7-10H2,1-4H3. The first-order valence-electron chi connectivity index (χ1n) is 9.97. The second kappa shape index (κ2) is 8.17. The Bertz CT molecular complexity index is 1160. The van der Waals surface area contributed by atoms with Crippen LogP contribution >= 0.6 is 11.3 Å². The van der Waals surface area contributed by atoms with E-state index < -0.39 is 10.0 Å². The van der Waals surface area contributed by atoms with E-state index in [1.807, 2.05) is 51.1 Å². The third kappa shape index (κ3) is 4.04. The van der Waals surface area contributed by atoms with E-state index in [2.05, 4.69) is 4.98 Å². The number of benzene rings is 2. The normalized spacial score (nSPS) is 16.1. The van der Waals surface area contributed by atoms with Crippen LogP contribution in [0.3, 0.4) is 0 Å². The largest absolute Gasteiger partial charge is 0.497 e. The molecule has 3 aromatic rings. The molecule has 0 unspecified atom stereocenters. The number of hydrogen-bond donors (Lipinski definition) is 0. The summed E-state index contributed by atoms with van der Waals surface area (Å²) in [6.45, 7) is 6.60. The summed E-state index contributed by atoms with van der Waals surface area (Å²) in [6.07, 6.45) is 1.24. The molecule has 0 bridgehead atoms. The molecule has 4 rings (SSSR count). The number of piperidine rings is 1. The SMILES string of the molecule is COc1ccc2nc(OC3CCN(S(=O)(=O)c4c(C)cc(C)cc4C)CC3)sc2c1. The number of sulfonamides is 1. The third-order valence-corrected chi connectivity index (χ3v) is 8.56.